The van der Waals surface area contributed by atoms with E-state index in [1.807, 2.05) is 0 Å². The lowest BCUT2D eigenvalue weighted by Crippen LogP contribution is -2.49. The van der Waals surface area contributed by atoms with Gasteiger partial charge in [0.1, 0.15) is 0 Å². The van der Waals surface area contributed by atoms with E-state index in [1.54, 1.807) is 0 Å². The lowest BCUT2D eigenvalue weighted by atomic mass is 9.99. The zero-order valence-corrected chi connectivity index (χ0v) is 14.1. The highest BCUT2D eigenvalue weighted by atomic mass is 15.3. The molecule has 0 radical (unpaired) electrons. The van der Waals surface area contributed by atoms with Crippen LogP contribution >= 0.6 is 0 Å². The molecule has 0 amide bonds. The van der Waals surface area contributed by atoms with Crippen LogP contribution in [0.3, 0.4) is 0 Å². The van der Waals surface area contributed by atoms with E-state index in [2.05, 4.69) is 55.7 Å². The minimum Gasteiger partial charge on any atom is -0.329 e. The normalized spacial score (nSPS) is 19.1. The van der Waals surface area contributed by atoms with Crippen molar-refractivity contribution < 1.29 is 0 Å². The van der Waals surface area contributed by atoms with Crippen LogP contribution in [0.2, 0.25) is 0 Å². The highest BCUT2D eigenvalue weighted by molar-refractivity contribution is 5.31. The van der Waals surface area contributed by atoms with Gasteiger partial charge >= 0.3 is 0 Å². The molecule has 0 saturated carbocycles. The Balaban J connectivity index is 2.02. The number of benzene rings is 1. The van der Waals surface area contributed by atoms with Crippen LogP contribution in [-0.2, 0) is 0 Å². The molecular weight excluding hydrogens is 258 g/mol. The van der Waals surface area contributed by atoms with E-state index in [4.69, 9.17) is 5.73 Å². The number of piperazine rings is 1. The van der Waals surface area contributed by atoms with Crippen LogP contribution < -0.4 is 5.73 Å². The predicted molar refractivity (Wildman–Crippen MR) is 90.6 cm³/mol. The summed E-state index contributed by atoms with van der Waals surface area (Å²) in [5, 5.41) is 0. The molecular formula is C18H31N3. The average molecular weight is 289 g/mol. The number of aryl methyl sites for hydroxylation is 2. The molecule has 0 bridgehead atoms. The Labute approximate surface area is 130 Å². The maximum Gasteiger partial charge on any atom is 0.0471 e. The highest BCUT2D eigenvalue weighted by Gasteiger charge is 2.24. The van der Waals surface area contributed by atoms with Crippen LogP contribution in [0.5, 0.6) is 0 Å². The molecule has 1 heterocycles. The molecule has 1 saturated heterocycles. The van der Waals surface area contributed by atoms with Gasteiger partial charge in [-0.05, 0) is 25.3 Å². The van der Waals surface area contributed by atoms with Crippen LogP contribution in [0, 0.1) is 19.8 Å². The molecule has 2 N–H and O–H groups in total. The van der Waals surface area contributed by atoms with Crippen molar-refractivity contribution in [3.8, 4) is 0 Å². The van der Waals surface area contributed by atoms with Gasteiger partial charge in [-0.1, -0.05) is 43.2 Å². The highest BCUT2D eigenvalue weighted by Crippen LogP contribution is 2.23. The van der Waals surface area contributed by atoms with Crippen molar-refractivity contribution >= 4 is 0 Å². The molecule has 21 heavy (non-hydrogen) atoms. The van der Waals surface area contributed by atoms with Gasteiger partial charge in [0, 0.05) is 45.3 Å². The van der Waals surface area contributed by atoms with Crippen molar-refractivity contribution in [3.63, 3.8) is 0 Å². The lowest BCUT2D eigenvalue weighted by Gasteiger charge is -2.39. The van der Waals surface area contributed by atoms with Crippen LogP contribution in [0.4, 0.5) is 0 Å². The van der Waals surface area contributed by atoms with Crippen molar-refractivity contribution in [3.05, 3.63) is 34.9 Å². The summed E-state index contributed by atoms with van der Waals surface area (Å²) in [7, 11) is 0. The molecule has 0 spiro atoms. The number of hydrogen-bond donors (Lipinski definition) is 1. The smallest absolute Gasteiger partial charge is 0.0471 e. The fourth-order valence-electron chi connectivity index (χ4n) is 3.47. The average Bonchev–Trinajstić information content (AvgIpc) is 2.40. The van der Waals surface area contributed by atoms with Crippen molar-refractivity contribution in [2.75, 3.05) is 39.3 Å². The molecule has 0 aromatic heterocycles. The van der Waals surface area contributed by atoms with E-state index in [0.717, 1.165) is 19.0 Å². The summed E-state index contributed by atoms with van der Waals surface area (Å²) in [6.07, 6.45) is 0. The molecule has 0 aliphatic carbocycles. The first-order valence-corrected chi connectivity index (χ1v) is 8.24. The Bertz CT molecular complexity index is 428. The number of hydrogen-bond acceptors (Lipinski definition) is 3. The zero-order chi connectivity index (χ0) is 15.4. The summed E-state index contributed by atoms with van der Waals surface area (Å²) in [6, 6.07) is 7.19. The Morgan fingerprint density at radius 2 is 1.57 bits per heavy atom. The van der Waals surface area contributed by atoms with Gasteiger partial charge in [-0.3, -0.25) is 4.90 Å². The largest absolute Gasteiger partial charge is 0.329 e. The van der Waals surface area contributed by atoms with Crippen molar-refractivity contribution in [2.45, 2.75) is 33.7 Å². The van der Waals surface area contributed by atoms with Gasteiger partial charge in [0.25, 0.3) is 0 Å². The zero-order valence-electron chi connectivity index (χ0n) is 14.1. The lowest BCUT2D eigenvalue weighted by molar-refractivity contribution is 0.0912. The first kappa shape index (κ1) is 16.5. The molecule has 1 aliphatic rings. The third-order valence-corrected chi connectivity index (χ3v) is 4.32. The fraction of sp³-hybridized carbons (Fsp3) is 0.667. The molecule has 1 aromatic carbocycles. The van der Waals surface area contributed by atoms with Gasteiger partial charge in [-0.2, -0.15) is 0 Å². The Morgan fingerprint density at radius 1 is 1.00 bits per heavy atom. The van der Waals surface area contributed by atoms with Crippen LogP contribution in [0.1, 0.15) is 36.6 Å². The minimum absolute atomic E-state index is 0.366. The Morgan fingerprint density at radius 3 is 2.05 bits per heavy atom. The standard InChI is InChI=1S/C18H31N3/c1-14(2)13-20-5-7-21(8-6-20)18(12-19)17-10-15(3)9-16(4)11-17/h9-11,14,18H,5-8,12-13,19H2,1-4H3. The summed E-state index contributed by atoms with van der Waals surface area (Å²) >= 11 is 0. The second-order valence-electron chi connectivity index (χ2n) is 6.90. The van der Waals surface area contributed by atoms with Crippen molar-refractivity contribution in [2.24, 2.45) is 11.7 Å². The van der Waals surface area contributed by atoms with Crippen molar-refractivity contribution in [1.29, 1.82) is 0 Å². The van der Waals surface area contributed by atoms with Crippen LogP contribution in [0.15, 0.2) is 18.2 Å². The summed E-state index contributed by atoms with van der Waals surface area (Å²) in [6.45, 7) is 15.4. The SMILES string of the molecule is Cc1cc(C)cc(C(CN)N2CCN(CC(C)C)CC2)c1. The Hall–Kier alpha value is -0.900. The van der Waals surface area contributed by atoms with E-state index >= 15 is 0 Å². The van der Waals surface area contributed by atoms with E-state index in [0.29, 0.717) is 12.6 Å². The first-order chi connectivity index (χ1) is 9.99. The summed E-state index contributed by atoms with van der Waals surface area (Å²) in [5.74, 6) is 0.751. The third kappa shape index (κ3) is 4.53. The van der Waals surface area contributed by atoms with Gasteiger partial charge < -0.3 is 10.6 Å². The van der Waals surface area contributed by atoms with E-state index in [1.165, 1.54) is 36.3 Å². The summed E-state index contributed by atoms with van der Waals surface area (Å²) in [5.41, 5.74) is 10.1. The van der Waals surface area contributed by atoms with E-state index in [-0.39, 0.29) is 0 Å². The van der Waals surface area contributed by atoms with Gasteiger partial charge in [-0.15, -0.1) is 0 Å². The Kier molecular flexibility index (Phi) is 5.80. The molecule has 2 rings (SSSR count). The second-order valence-corrected chi connectivity index (χ2v) is 6.90. The quantitative estimate of drug-likeness (QED) is 0.904. The number of nitrogens with two attached hydrogens (primary N) is 1. The number of rotatable bonds is 5. The number of nitrogens with zero attached hydrogens (tertiary/aromatic N) is 2. The third-order valence-electron chi connectivity index (χ3n) is 4.32. The maximum atomic E-state index is 6.10. The van der Waals surface area contributed by atoms with Crippen molar-refractivity contribution in [1.82, 2.24) is 9.80 Å². The molecule has 118 valence electrons. The van der Waals surface area contributed by atoms with Gasteiger partial charge in [-0.25, -0.2) is 0 Å². The fourth-order valence-corrected chi connectivity index (χ4v) is 3.47. The van der Waals surface area contributed by atoms with Gasteiger partial charge in [0.15, 0.2) is 0 Å². The molecule has 1 atom stereocenters. The summed E-state index contributed by atoms with van der Waals surface area (Å²) in [4.78, 5) is 5.14. The molecule has 1 fully saturated rings. The molecule has 1 aliphatic heterocycles. The maximum absolute atomic E-state index is 6.10. The second kappa shape index (κ2) is 7.39. The van der Waals surface area contributed by atoms with Gasteiger partial charge in [0.05, 0.1) is 0 Å². The van der Waals surface area contributed by atoms with Gasteiger partial charge in [0.2, 0.25) is 0 Å². The molecule has 3 heteroatoms. The molecule has 1 unspecified atom stereocenters. The monoisotopic (exact) mass is 289 g/mol. The van der Waals surface area contributed by atoms with Crippen LogP contribution in [0.25, 0.3) is 0 Å². The van der Waals surface area contributed by atoms with E-state index < -0.39 is 0 Å². The molecule has 1 aromatic rings. The van der Waals surface area contributed by atoms with Crippen LogP contribution in [-0.4, -0.2) is 49.1 Å². The van der Waals surface area contributed by atoms with E-state index in [9.17, 15) is 0 Å². The molecule has 3 nitrogen and oxygen atoms in total. The summed E-state index contributed by atoms with van der Waals surface area (Å²) < 4.78 is 0. The predicted octanol–water partition coefficient (Wildman–Crippen LogP) is 2.58. The first-order valence-electron chi connectivity index (χ1n) is 8.24. The topological polar surface area (TPSA) is 32.5 Å². The minimum atomic E-state index is 0.366.